The van der Waals surface area contributed by atoms with Crippen LogP contribution < -0.4 is 10.1 Å². The number of hydrogen-bond donors (Lipinski definition) is 1. The summed E-state index contributed by atoms with van der Waals surface area (Å²) in [6, 6.07) is 6.72. The Hall–Kier alpha value is -1.13. The van der Waals surface area contributed by atoms with Gasteiger partial charge in [0.1, 0.15) is 10.8 Å². The van der Waals surface area contributed by atoms with Crippen molar-refractivity contribution in [1.82, 2.24) is 10.3 Å². The standard InChI is InChI=1S/C16H20N2OS/c1-2-19-11-6-7-13-14(8-11)20-16(18-13)15-12-5-3-4-10(12)9-17-15/h6-8,10,12,15,17H,2-5,9H2,1H3. The molecule has 0 spiro atoms. The topological polar surface area (TPSA) is 34.1 Å². The molecule has 1 saturated heterocycles. The van der Waals surface area contributed by atoms with Gasteiger partial charge in [-0.2, -0.15) is 0 Å². The molecule has 2 heterocycles. The number of thiazole rings is 1. The molecule has 20 heavy (non-hydrogen) atoms. The smallest absolute Gasteiger partial charge is 0.120 e. The van der Waals surface area contributed by atoms with Gasteiger partial charge in [-0.05, 0) is 56.3 Å². The van der Waals surface area contributed by atoms with Gasteiger partial charge in [-0.15, -0.1) is 11.3 Å². The van der Waals surface area contributed by atoms with Crippen LogP contribution in [0.4, 0.5) is 0 Å². The quantitative estimate of drug-likeness (QED) is 0.934. The lowest BCUT2D eigenvalue weighted by Crippen LogP contribution is -2.17. The Morgan fingerprint density at radius 3 is 3.25 bits per heavy atom. The highest BCUT2D eigenvalue weighted by molar-refractivity contribution is 7.18. The molecule has 0 amide bonds. The lowest BCUT2D eigenvalue weighted by Gasteiger charge is -2.14. The molecule has 1 N–H and O–H groups in total. The van der Waals surface area contributed by atoms with Crippen molar-refractivity contribution in [2.75, 3.05) is 13.2 Å². The van der Waals surface area contributed by atoms with E-state index in [1.54, 1.807) is 0 Å². The number of hydrogen-bond acceptors (Lipinski definition) is 4. The highest BCUT2D eigenvalue weighted by atomic mass is 32.1. The van der Waals surface area contributed by atoms with E-state index in [4.69, 9.17) is 9.72 Å². The van der Waals surface area contributed by atoms with E-state index in [1.165, 1.54) is 35.5 Å². The van der Waals surface area contributed by atoms with Crippen molar-refractivity contribution >= 4 is 21.6 Å². The third-order valence-corrected chi connectivity index (χ3v) is 5.80. The second-order valence-corrected chi connectivity index (χ2v) is 6.92. The van der Waals surface area contributed by atoms with Crippen LogP contribution in [0.25, 0.3) is 10.2 Å². The molecule has 3 atom stereocenters. The molecule has 1 aliphatic carbocycles. The van der Waals surface area contributed by atoms with Crippen molar-refractivity contribution < 1.29 is 4.74 Å². The highest BCUT2D eigenvalue weighted by Crippen LogP contribution is 2.45. The molecule has 2 fully saturated rings. The van der Waals surface area contributed by atoms with Crippen molar-refractivity contribution in [3.63, 3.8) is 0 Å². The first kappa shape index (κ1) is 12.6. The molecule has 1 aromatic carbocycles. The zero-order chi connectivity index (χ0) is 13.5. The fourth-order valence-electron chi connectivity index (χ4n) is 3.77. The minimum atomic E-state index is 0.482. The zero-order valence-corrected chi connectivity index (χ0v) is 12.6. The van der Waals surface area contributed by atoms with Crippen LogP contribution in [-0.2, 0) is 0 Å². The molecule has 1 saturated carbocycles. The number of aromatic nitrogens is 1. The monoisotopic (exact) mass is 288 g/mol. The van der Waals surface area contributed by atoms with E-state index in [-0.39, 0.29) is 0 Å². The minimum Gasteiger partial charge on any atom is -0.494 e. The maximum atomic E-state index is 5.58. The van der Waals surface area contributed by atoms with Crippen molar-refractivity contribution in [1.29, 1.82) is 0 Å². The number of nitrogens with one attached hydrogen (secondary N) is 1. The van der Waals surface area contributed by atoms with Gasteiger partial charge >= 0.3 is 0 Å². The molecule has 4 heteroatoms. The number of rotatable bonds is 3. The van der Waals surface area contributed by atoms with Gasteiger partial charge in [0.05, 0.1) is 22.9 Å². The molecule has 3 unspecified atom stereocenters. The predicted octanol–water partition coefficient (Wildman–Crippen LogP) is 3.76. The molecule has 0 radical (unpaired) electrons. The molecular formula is C16H20N2OS. The van der Waals surface area contributed by atoms with E-state index in [0.717, 1.165) is 23.1 Å². The Labute approximate surface area is 123 Å². The molecule has 1 aliphatic heterocycles. The van der Waals surface area contributed by atoms with Crippen LogP contribution in [0.5, 0.6) is 5.75 Å². The van der Waals surface area contributed by atoms with E-state index in [1.807, 2.05) is 24.3 Å². The van der Waals surface area contributed by atoms with Gasteiger partial charge < -0.3 is 10.1 Å². The lowest BCUT2D eigenvalue weighted by molar-refractivity contribution is 0.341. The summed E-state index contributed by atoms with van der Waals surface area (Å²) in [6.07, 6.45) is 4.16. The summed E-state index contributed by atoms with van der Waals surface area (Å²) in [5, 5.41) is 4.96. The number of fused-ring (bicyclic) bond motifs is 2. The fourth-order valence-corrected chi connectivity index (χ4v) is 4.92. The van der Waals surface area contributed by atoms with Gasteiger partial charge in [-0.1, -0.05) is 6.42 Å². The summed E-state index contributed by atoms with van der Waals surface area (Å²) >= 11 is 1.83. The van der Waals surface area contributed by atoms with Crippen LogP contribution in [-0.4, -0.2) is 18.1 Å². The first-order valence-corrected chi connectivity index (χ1v) is 8.43. The number of ether oxygens (including phenoxy) is 1. The second-order valence-electron chi connectivity index (χ2n) is 5.86. The van der Waals surface area contributed by atoms with Crippen LogP contribution in [0.2, 0.25) is 0 Å². The van der Waals surface area contributed by atoms with E-state index in [9.17, 15) is 0 Å². The van der Waals surface area contributed by atoms with Crippen LogP contribution in [0.1, 0.15) is 37.2 Å². The van der Waals surface area contributed by atoms with Gasteiger partial charge in [0.2, 0.25) is 0 Å². The second kappa shape index (κ2) is 5.01. The van der Waals surface area contributed by atoms with E-state index in [2.05, 4.69) is 17.4 Å². The normalized spacial score (nSPS) is 28.9. The Kier molecular flexibility index (Phi) is 3.15. The average molecular weight is 288 g/mol. The van der Waals surface area contributed by atoms with Crippen LogP contribution in [0.15, 0.2) is 18.2 Å². The maximum Gasteiger partial charge on any atom is 0.120 e. The Morgan fingerprint density at radius 2 is 2.35 bits per heavy atom. The third kappa shape index (κ3) is 2.02. The third-order valence-electron chi connectivity index (χ3n) is 4.70. The van der Waals surface area contributed by atoms with Crippen LogP contribution in [0, 0.1) is 11.8 Å². The van der Waals surface area contributed by atoms with E-state index in [0.29, 0.717) is 12.6 Å². The summed E-state index contributed by atoms with van der Waals surface area (Å²) in [4.78, 5) is 4.86. The number of nitrogens with zero attached hydrogens (tertiary/aromatic N) is 1. The van der Waals surface area contributed by atoms with Crippen molar-refractivity contribution in [3.8, 4) is 5.75 Å². The van der Waals surface area contributed by atoms with Crippen molar-refractivity contribution in [3.05, 3.63) is 23.2 Å². The zero-order valence-electron chi connectivity index (χ0n) is 11.8. The first-order chi connectivity index (χ1) is 9.85. The summed E-state index contributed by atoms with van der Waals surface area (Å²) in [5.74, 6) is 2.64. The maximum absolute atomic E-state index is 5.58. The highest BCUT2D eigenvalue weighted by Gasteiger charge is 2.40. The summed E-state index contributed by atoms with van der Waals surface area (Å²) in [6.45, 7) is 3.91. The van der Waals surface area contributed by atoms with Gasteiger partial charge in [0.15, 0.2) is 0 Å². The SMILES string of the molecule is CCOc1ccc2nc(C3NCC4CCCC43)sc2c1. The Balaban J connectivity index is 1.66. The van der Waals surface area contributed by atoms with Gasteiger partial charge in [-0.25, -0.2) is 4.98 Å². The molecule has 0 bridgehead atoms. The Morgan fingerprint density at radius 1 is 1.40 bits per heavy atom. The summed E-state index contributed by atoms with van der Waals surface area (Å²) in [5.41, 5.74) is 1.11. The molecule has 106 valence electrons. The average Bonchev–Trinajstić information content (AvgIpc) is 3.12. The van der Waals surface area contributed by atoms with Gasteiger partial charge in [-0.3, -0.25) is 0 Å². The van der Waals surface area contributed by atoms with Gasteiger partial charge in [0.25, 0.3) is 0 Å². The van der Waals surface area contributed by atoms with Crippen molar-refractivity contribution in [2.24, 2.45) is 11.8 Å². The predicted molar refractivity (Wildman–Crippen MR) is 82.4 cm³/mol. The molecule has 2 aliphatic rings. The minimum absolute atomic E-state index is 0.482. The Bertz CT molecular complexity index is 624. The molecule has 2 aromatic rings. The summed E-state index contributed by atoms with van der Waals surface area (Å²) in [7, 11) is 0. The van der Waals surface area contributed by atoms with E-state index < -0.39 is 0 Å². The summed E-state index contributed by atoms with van der Waals surface area (Å²) < 4.78 is 6.83. The van der Waals surface area contributed by atoms with Crippen molar-refractivity contribution in [2.45, 2.75) is 32.2 Å². The number of benzene rings is 1. The molecule has 4 rings (SSSR count). The fraction of sp³-hybridized carbons (Fsp3) is 0.562. The lowest BCUT2D eigenvalue weighted by atomic mass is 9.94. The van der Waals surface area contributed by atoms with Crippen LogP contribution in [0.3, 0.4) is 0 Å². The largest absolute Gasteiger partial charge is 0.494 e. The first-order valence-electron chi connectivity index (χ1n) is 7.62. The van der Waals surface area contributed by atoms with Crippen LogP contribution >= 0.6 is 11.3 Å². The van der Waals surface area contributed by atoms with Gasteiger partial charge in [0, 0.05) is 0 Å². The molecule has 1 aromatic heterocycles. The van der Waals surface area contributed by atoms with E-state index >= 15 is 0 Å². The molecule has 3 nitrogen and oxygen atoms in total. The molecular weight excluding hydrogens is 268 g/mol.